The first kappa shape index (κ1) is 22.4. The highest BCUT2D eigenvalue weighted by atomic mass is 32.1. The van der Waals surface area contributed by atoms with Crippen LogP contribution in [0.3, 0.4) is 0 Å². The maximum absolute atomic E-state index is 12.5. The minimum Gasteiger partial charge on any atom is -0.478 e. The minimum atomic E-state index is -1.32. The molecule has 1 aromatic carbocycles. The van der Waals surface area contributed by atoms with Crippen LogP contribution >= 0.6 is 11.3 Å². The lowest BCUT2D eigenvalue weighted by molar-refractivity contribution is -0.152. The molecule has 5 heteroatoms. The van der Waals surface area contributed by atoms with E-state index < -0.39 is 11.6 Å². The van der Waals surface area contributed by atoms with Gasteiger partial charge in [-0.05, 0) is 87.2 Å². The molecule has 0 radical (unpaired) electrons. The van der Waals surface area contributed by atoms with Crippen molar-refractivity contribution in [3.8, 4) is 5.75 Å². The first-order chi connectivity index (χ1) is 13.5. The quantitative estimate of drug-likeness (QED) is 0.329. The van der Waals surface area contributed by atoms with Crippen molar-refractivity contribution in [1.82, 2.24) is 0 Å². The zero-order chi connectivity index (χ0) is 21.8. The molecule has 0 aliphatic carbocycles. The lowest BCUT2D eigenvalue weighted by atomic mass is 10.0. The van der Waals surface area contributed by atoms with Crippen LogP contribution in [-0.2, 0) is 4.79 Å². The van der Waals surface area contributed by atoms with Crippen LogP contribution in [0.15, 0.2) is 43.0 Å². The van der Waals surface area contributed by atoms with E-state index in [0.29, 0.717) is 10.6 Å². The van der Waals surface area contributed by atoms with Gasteiger partial charge in [0, 0.05) is 4.88 Å². The van der Waals surface area contributed by atoms with E-state index in [1.807, 2.05) is 51.1 Å². The molecule has 0 amide bonds. The van der Waals surface area contributed by atoms with Gasteiger partial charge in [-0.3, -0.25) is 4.79 Å². The summed E-state index contributed by atoms with van der Waals surface area (Å²) in [5.74, 6) is -0.535. The molecule has 0 fully saturated rings. The smallest absolute Gasteiger partial charge is 0.347 e. The maximum Gasteiger partial charge on any atom is 0.347 e. The average molecular weight is 411 g/mol. The molecule has 0 saturated heterocycles. The summed E-state index contributed by atoms with van der Waals surface area (Å²) in [6.45, 7) is 12.4. The molecule has 0 saturated carbocycles. The van der Waals surface area contributed by atoms with Crippen molar-refractivity contribution in [2.75, 3.05) is 0 Å². The second kappa shape index (κ2) is 9.05. The normalized spacial score (nSPS) is 11.9. The van der Waals surface area contributed by atoms with E-state index in [1.165, 1.54) is 25.2 Å². The van der Waals surface area contributed by atoms with Crippen LogP contribution in [0.2, 0.25) is 0 Å². The topological polar surface area (TPSA) is 63.6 Å². The summed E-state index contributed by atoms with van der Waals surface area (Å²) in [4.78, 5) is 25.6. The number of thiophene rings is 1. The monoisotopic (exact) mass is 410 g/mol. The van der Waals surface area contributed by atoms with Gasteiger partial charge in [0.2, 0.25) is 0 Å². The Balaban J connectivity index is 2.23. The van der Waals surface area contributed by atoms with Crippen molar-refractivity contribution in [3.63, 3.8) is 0 Å². The van der Waals surface area contributed by atoms with Gasteiger partial charge < -0.3 is 9.84 Å². The molecule has 2 aromatic rings. The number of carboxylic acids is 1. The second-order valence-corrected chi connectivity index (χ2v) is 8.44. The summed E-state index contributed by atoms with van der Waals surface area (Å²) >= 11 is 1.45. The van der Waals surface area contributed by atoms with Gasteiger partial charge in [0.1, 0.15) is 5.75 Å². The predicted octanol–water partition coefficient (Wildman–Crippen LogP) is 6.01. The largest absolute Gasteiger partial charge is 0.478 e. The summed E-state index contributed by atoms with van der Waals surface area (Å²) in [6, 6.07) is 5.64. The van der Waals surface area contributed by atoms with Crippen molar-refractivity contribution in [3.05, 3.63) is 75.0 Å². The Labute approximate surface area is 175 Å². The molecule has 0 atom stereocenters. The van der Waals surface area contributed by atoms with Gasteiger partial charge in [-0.2, -0.15) is 0 Å². The van der Waals surface area contributed by atoms with Crippen LogP contribution in [0.25, 0.3) is 12.2 Å². The molecule has 1 N–H and O–H groups in total. The summed E-state index contributed by atoms with van der Waals surface area (Å²) < 4.78 is 5.72. The van der Waals surface area contributed by atoms with Crippen molar-refractivity contribution in [2.45, 2.75) is 40.2 Å². The third-order valence-electron chi connectivity index (χ3n) is 4.36. The maximum atomic E-state index is 12.5. The number of ketones is 1. The van der Waals surface area contributed by atoms with Crippen molar-refractivity contribution >= 4 is 35.2 Å². The summed E-state index contributed by atoms with van der Waals surface area (Å²) in [6.07, 6.45) is 8.82. The molecule has 0 bridgehead atoms. The Morgan fingerprint density at radius 3 is 2.24 bits per heavy atom. The SMILES string of the molecule is C=C/C=C\c1sc(C(=O)/C=C/c2cc(C)c(OC(C)(C)C(=O)O)c(C)c2)cc1C. The highest BCUT2D eigenvalue weighted by molar-refractivity contribution is 7.15. The van der Waals surface area contributed by atoms with E-state index in [4.69, 9.17) is 4.74 Å². The van der Waals surface area contributed by atoms with E-state index in [1.54, 1.807) is 18.2 Å². The molecule has 1 aromatic heterocycles. The fraction of sp³-hybridized carbons (Fsp3) is 0.250. The Hall–Kier alpha value is -2.92. The van der Waals surface area contributed by atoms with E-state index in [9.17, 15) is 14.7 Å². The zero-order valence-corrected chi connectivity index (χ0v) is 18.2. The molecule has 4 nitrogen and oxygen atoms in total. The van der Waals surface area contributed by atoms with E-state index in [2.05, 4.69) is 6.58 Å². The molecule has 1 heterocycles. The highest BCUT2D eigenvalue weighted by Gasteiger charge is 2.30. The summed E-state index contributed by atoms with van der Waals surface area (Å²) in [5.41, 5.74) is 2.22. The van der Waals surface area contributed by atoms with E-state index >= 15 is 0 Å². The lowest BCUT2D eigenvalue weighted by Gasteiger charge is -2.24. The van der Waals surface area contributed by atoms with Crippen LogP contribution < -0.4 is 4.74 Å². The molecule has 29 heavy (non-hydrogen) atoms. The van der Waals surface area contributed by atoms with Gasteiger partial charge >= 0.3 is 5.97 Å². The fourth-order valence-corrected chi connectivity index (χ4v) is 3.74. The average Bonchev–Trinajstić information content (AvgIpc) is 3.01. The number of benzene rings is 1. The third kappa shape index (κ3) is 5.55. The first-order valence-electron chi connectivity index (χ1n) is 9.20. The van der Waals surface area contributed by atoms with E-state index in [0.717, 1.165) is 27.1 Å². The molecule has 0 aliphatic rings. The number of allylic oxidation sites excluding steroid dienone is 3. The summed E-state index contributed by atoms with van der Waals surface area (Å²) in [5, 5.41) is 9.28. The molecule has 0 spiro atoms. The number of ether oxygens (including phenoxy) is 1. The molecule has 0 unspecified atom stereocenters. The lowest BCUT2D eigenvalue weighted by Crippen LogP contribution is -2.38. The second-order valence-electron chi connectivity index (χ2n) is 7.35. The number of hydrogen-bond donors (Lipinski definition) is 1. The molecular weight excluding hydrogens is 384 g/mol. The number of carboxylic acid groups (broad SMARTS) is 1. The van der Waals surface area contributed by atoms with Crippen molar-refractivity contribution < 1.29 is 19.4 Å². The van der Waals surface area contributed by atoms with Gasteiger partial charge in [0.15, 0.2) is 11.4 Å². The third-order valence-corrected chi connectivity index (χ3v) is 5.58. The van der Waals surface area contributed by atoms with Gasteiger partial charge in [0.25, 0.3) is 0 Å². The standard InChI is InChI=1S/C24H26O4S/c1-7-8-9-20-15(2)14-21(29-20)19(25)11-10-18-12-16(3)22(17(4)13-18)28-24(5,6)23(26)27/h7-14H,1H2,2-6H3,(H,26,27)/b9-8-,11-10+. The zero-order valence-electron chi connectivity index (χ0n) is 17.4. The molecular formula is C24H26O4S. The summed E-state index contributed by atoms with van der Waals surface area (Å²) in [7, 11) is 0. The van der Waals surface area contributed by atoms with Crippen LogP contribution in [0.4, 0.5) is 0 Å². The Kier molecular flexibility index (Phi) is 6.98. The number of aliphatic carboxylic acids is 1. The minimum absolute atomic E-state index is 0.0565. The van der Waals surface area contributed by atoms with E-state index in [-0.39, 0.29) is 5.78 Å². The molecule has 152 valence electrons. The number of carbonyl (C=O) groups is 2. The van der Waals surface area contributed by atoms with Crippen molar-refractivity contribution in [2.24, 2.45) is 0 Å². The number of aryl methyl sites for hydroxylation is 3. The number of rotatable bonds is 8. The van der Waals surface area contributed by atoms with Crippen LogP contribution in [0.5, 0.6) is 5.75 Å². The molecule has 0 aliphatic heterocycles. The highest BCUT2D eigenvalue weighted by Crippen LogP contribution is 2.29. The number of hydrogen-bond acceptors (Lipinski definition) is 4. The van der Waals surface area contributed by atoms with Gasteiger partial charge in [-0.15, -0.1) is 11.3 Å². The van der Waals surface area contributed by atoms with Crippen molar-refractivity contribution in [1.29, 1.82) is 0 Å². The fourth-order valence-electron chi connectivity index (χ4n) is 2.73. The van der Waals surface area contributed by atoms with Crippen LogP contribution in [-0.4, -0.2) is 22.5 Å². The predicted molar refractivity (Wildman–Crippen MR) is 120 cm³/mol. The Morgan fingerprint density at radius 2 is 1.69 bits per heavy atom. The Bertz CT molecular complexity index is 983. The van der Waals surface area contributed by atoms with Crippen LogP contribution in [0, 0.1) is 20.8 Å². The Morgan fingerprint density at radius 1 is 1.07 bits per heavy atom. The first-order valence-corrected chi connectivity index (χ1v) is 10.0. The molecule has 2 rings (SSSR count). The van der Waals surface area contributed by atoms with Gasteiger partial charge in [-0.1, -0.05) is 24.8 Å². The van der Waals surface area contributed by atoms with Gasteiger partial charge in [-0.25, -0.2) is 4.79 Å². The van der Waals surface area contributed by atoms with Crippen LogP contribution in [0.1, 0.15) is 50.7 Å². The van der Waals surface area contributed by atoms with Gasteiger partial charge in [0.05, 0.1) is 4.88 Å². The number of carbonyl (C=O) groups excluding carboxylic acids is 1.